The summed E-state index contributed by atoms with van der Waals surface area (Å²) < 4.78 is 0. The molecular formula is C14H13N3O6. The van der Waals surface area contributed by atoms with Crippen molar-refractivity contribution in [3.63, 3.8) is 0 Å². The van der Waals surface area contributed by atoms with Crippen LogP contribution < -0.4 is 20.6 Å². The fourth-order valence-corrected chi connectivity index (χ4v) is 2.87. The molecule has 1 aromatic carbocycles. The molecule has 0 radical (unpaired) electrons. The van der Waals surface area contributed by atoms with Crippen molar-refractivity contribution >= 4 is 5.97 Å². The molecule has 2 aliphatic heterocycles. The number of para-hydroxylation sites is 1. The number of nitro groups is 1. The maximum atomic E-state index is 11.7. The molecule has 0 saturated carbocycles. The van der Waals surface area contributed by atoms with Gasteiger partial charge in [0.1, 0.15) is 5.92 Å². The summed E-state index contributed by atoms with van der Waals surface area (Å²) in [6.07, 6.45) is 0. The van der Waals surface area contributed by atoms with Crippen LogP contribution >= 0.6 is 0 Å². The van der Waals surface area contributed by atoms with E-state index in [-0.39, 0.29) is 22.7 Å². The molecular weight excluding hydrogens is 306 g/mol. The molecule has 9 heteroatoms. The highest BCUT2D eigenvalue weighted by Gasteiger charge is 2.42. The zero-order valence-electron chi connectivity index (χ0n) is 12.2. The minimum Gasteiger partial charge on any atom is -0.478 e. The van der Waals surface area contributed by atoms with Crippen molar-refractivity contribution in [1.82, 2.24) is 11.0 Å². The van der Waals surface area contributed by atoms with Crippen LogP contribution in [-0.4, -0.2) is 16.0 Å². The van der Waals surface area contributed by atoms with Crippen LogP contribution in [0.2, 0.25) is 0 Å². The Labute approximate surface area is 130 Å². The number of hydrogen-bond acceptors (Lipinski definition) is 7. The van der Waals surface area contributed by atoms with Gasteiger partial charge in [0.15, 0.2) is 11.5 Å². The molecule has 0 bridgehead atoms. The molecule has 0 aliphatic carbocycles. The predicted molar refractivity (Wildman–Crippen MR) is 76.7 cm³/mol. The predicted octanol–water partition coefficient (Wildman–Crippen LogP) is 1.43. The van der Waals surface area contributed by atoms with Gasteiger partial charge in [-0.05, 0) is 19.9 Å². The van der Waals surface area contributed by atoms with E-state index in [0.29, 0.717) is 17.0 Å². The minimum atomic E-state index is -1.24. The maximum Gasteiger partial charge on any atom is 0.334 e. The highest BCUT2D eigenvalue weighted by molar-refractivity contribution is 5.91. The summed E-state index contributed by atoms with van der Waals surface area (Å²) in [5.41, 5.74) is 2.84. The Morgan fingerprint density at radius 1 is 1.30 bits per heavy atom. The van der Waals surface area contributed by atoms with Crippen LogP contribution in [0.4, 0.5) is 0 Å². The second kappa shape index (κ2) is 5.29. The lowest BCUT2D eigenvalue weighted by Crippen LogP contribution is -2.31. The number of allylic oxidation sites excluding steroid dienone is 3. The quantitative estimate of drug-likeness (QED) is 0.565. The summed E-state index contributed by atoms with van der Waals surface area (Å²) in [6.45, 7) is 3.10. The van der Waals surface area contributed by atoms with Crippen molar-refractivity contribution < 1.29 is 24.5 Å². The van der Waals surface area contributed by atoms with Gasteiger partial charge in [0, 0.05) is 16.9 Å². The summed E-state index contributed by atoms with van der Waals surface area (Å²) in [4.78, 5) is 32.8. The van der Waals surface area contributed by atoms with E-state index in [2.05, 4.69) is 11.0 Å². The van der Waals surface area contributed by atoms with Crippen molar-refractivity contribution in [3.8, 4) is 11.5 Å². The third kappa shape index (κ3) is 2.27. The third-order valence-corrected chi connectivity index (χ3v) is 3.77. The van der Waals surface area contributed by atoms with Crippen LogP contribution in [0, 0.1) is 10.1 Å². The highest BCUT2D eigenvalue weighted by atomic mass is 16.9. The fraction of sp³-hybridized carbons (Fsp3) is 0.214. The highest BCUT2D eigenvalue weighted by Crippen LogP contribution is 2.45. The fourth-order valence-electron chi connectivity index (χ4n) is 2.87. The van der Waals surface area contributed by atoms with Crippen molar-refractivity contribution in [1.29, 1.82) is 0 Å². The van der Waals surface area contributed by atoms with E-state index in [4.69, 9.17) is 9.68 Å². The summed E-state index contributed by atoms with van der Waals surface area (Å²) in [5.74, 6) is -1.75. The van der Waals surface area contributed by atoms with Crippen molar-refractivity contribution in [3.05, 3.63) is 56.5 Å². The van der Waals surface area contributed by atoms with Crippen LogP contribution in [0.1, 0.15) is 25.3 Å². The number of fused-ring (bicyclic) bond motifs is 1. The van der Waals surface area contributed by atoms with E-state index in [9.17, 15) is 20.0 Å². The zero-order valence-corrected chi connectivity index (χ0v) is 12.2. The molecule has 1 unspecified atom stereocenters. The first kappa shape index (κ1) is 14.9. The van der Waals surface area contributed by atoms with Crippen molar-refractivity contribution in [2.24, 2.45) is 0 Å². The summed E-state index contributed by atoms with van der Waals surface area (Å²) in [7, 11) is 0. The average molecular weight is 319 g/mol. The van der Waals surface area contributed by atoms with Gasteiger partial charge in [0.05, 0.1) is 16.2 Å². The first-order chi connectivity index (χ1) is 10.9. The average Bonchev–Trinajstić information content (AvgIpc) is 2.93. The topological polar surface area (TPSA) is 123 Å². The molecule has 2 aliphatic rings. The van der Waals surface area contributed by atoms with Gasteiger partial charge in [0.2, 0.25) is 0 Å². The molecule has 9 nitrogen and oxygen atoms in total. The van der Waals surface area contributed by atoms with Gasteiger partial charge in [-0.2, -0.15) is 0 Å². The van der Waals surface area contributed by atoms with Gasteiger partial charge in [0.25, 0.3) is 5.70 Å². The molecule has 0 spiro atoms. The van der Waals surface area contributed by atoms with Gasteiger partial charge >= 0.3 is 5.97 Å². The Bertz CT molecular complexity index is 747. The maximum absolute atomic E-state index is 11.7. The number of nitrogens with one attached hydrogen (secondary N) is 2. The molecule has 1 aromatic rings. The van der Waals surface area contributed by atoms with Crippen LogP contribution in [0.25, 0.3) is 0 Å². The van der Waals surface area contributed by atoms with E-state index in [1.807, 2.05) is 0 Å². The SMILES string of the molecule is CC1=C(C(=O)O)C(c2cccc3c2ONO3)C([N+](=O)[O-])=C(C)N1. The first-order valence-corrected chi connectivity index (χ1v) is 6.69. The molecule has 23 heavy (non-hydrogen) atoms. The number of hydrogen-bond donors (Lipinski definition) is 3. The number of rotatable bonds is 3. The Morgan fingerprint density at radius 3 is 2.70 bits per heavy atom. The zero-order chi connectivity index (χ0) is 16.7. The Kier molecular flexibility index (Phi) is 3.41. The number of carbonyl (C=O) groups is 1. The second-order valence-corrected chi connectivity index (χ2v) is 5.13. The second-order valence-electron chi connectivity index (χ2n) is 5.13. The Hall–Kier alpha value is -3.07. The van der Waals surface area contributed by atoms with Crippen LogP contribution in [0.3, 0.4) is 0 Å². The molecule has 2 heterocycles. The molecule has 3 rings (SSSR count). The number of dihydropyridines is 1. The van der Waals surface area contributed by atoms with E-state index >= 15 is 0 Å². The van der Waals surface area contributed by atoms with Gasteiger partial charge in [-0.25, -0.2) is 4.79 Å². The summed E-state index contributed by atoms with van der Waals surface area (Å²) in [5, 5.41) is 23.8. The molecule has 120 valence electrons. The first-order valence-electron chi connectivity index (χ1n) is 6.69. The van der Waals surface area contributed by atoms with Gasteiger partial charge in [-0.3, -0.25) is 10.1 Å². The Morgan fingerprint density at radius 2 is 2.04 bits per heavy atom. The normalized spacial score (nSPS) is 19.7. The molecule has 0 saturated heterocycles. The van der Waals surface area contributed by atoms with Crippen molar-refractivity contribution in [2.45, 2.75) is 19.8 Å². The lowest BCUT2D eigenvalue weighted by atomic mass is 9.83. The number of aliphatic carboxylic acids is 1. The van der Waals surface area contributed by atoms with Crippen LogP contribution in [0.15, 0.2) is 40.9 Å². The molecule has 0 aromatic heterocycles. The lowest BCUT2D eigenvalue weighted by Gasteiger charge is -2.25. The number of carboxylic acids is 1. The van der Waals surface area contributed by atoms with Gasteiger partial charge in [-0.15, -0.1) is 0 Å². The minimum absolute atomic E-state index is 0.105. The molecule has 1 atom stereocenters. The lowest BCUT2D eigenvalue weighted by molar-refractivity contribution is -0.431. The smallest absolute Gasteiger partial charge is 0.334 e. The van der Waals surface area contributed by atoms with E-state index in [0.717, 1.165) is 0 Å². The van der Waals surface area contributed by atoms with Crippen LogP contribution in [0.5, 0.6) is 11.5 Å². The molecule has 0 fully saturated rings. The summed E-state index contributed by atoms with van der Waals surface area (Å²) >= 11 is 0. The van der Waals surface area contributed by atoms with Gasteiger partial charge in [-0.1, -0.05) is 12.1 Å². The number of carboxylic acid groups (broad SMARTS) is 1. The van der Waals surface area contributed by atoms with Gasteiger partial charge < -0.3 is 20.1 Å². The largest absolute Gasteiger partial charge is 0.478 e. The number of nitrogens with zero attached hydrogens (tertiary/aromatic N) is 1. The van der Waals surface area contributed by atoms with Crippen LogP contribution in [-0.2, 0) is 4.79 Å². The summed E-state index contributed by atoms with van der Waals surface area (Å²) in [6, 6.07) is 4.81. The van der Waals surface area contributed by atoms with E-state index in [1.54, 1.807) is 25.1 Å². The molecule has 3 N–H and O–H groups in total. The number of benzene rings is 1. The standard InChI is InChI=1S/C14H13N3O6/c1-6-10(14(18)19)11(12(17(20)21)7(2)15-6)8-4-3-5-9-13(8)23-16-22-9/h3-5,11,15-16H,1-2H3,(H,18,19). The van der Waals surface area contributed by atoms with Crippen molar-refractivity contribution in [2.75, 3.05) is 0 Å². The Balaban J connectivity index is 2.26. The van der Waals surface area contributed by atoms with E-state index < -0.39 is 16.8 Å². The monoisotopic (exact) mass is 319 g/mol. The molecule has 0 amide bonds. The third-order valence-electron chi connectivity index (χ3n) is 3.77. The van der Waals surface area contributed by atoms with E-state index in [1.165, 1.54) is 6.92 Å².